The van der Waals surface area contributed by atoms with E-state index in [-0.39, 0.29) is 0 Å². The molecule has 1 N–H and O–H groups in total. The van der Waals surface area contributed by atoms with Crippen molar-refractivity contribution in [3.05, 3.63) is 0 Å². The highest BCUT2D eigenvalue weighted by atomic mass is 33.3. The Kier molecular flexibility index (Phi) is 7.95. The van der Waals surface area contributed by atoms with E-state index in [1.165, 1.54) is 27.5 Å². The van der Waals surface area contributed by atoms with Crippen LogP contribution < -0.4 is 5.09 Å². The first kappa shape index (κ1) is 13.4. The van der Waals surface area contributed by atoms with E-state index in [2.05, 4.69) is 10.1 Å². The summed E-state index contributed by atoms with van der Waals surface area (Å²) in [6, 6.07) is 0. The largest absolute Gasteiger partial charge is 0.362 e. The average molecular weight is 242 g/mol. The predicted molar refractivity (Wildman–Crippen MR) is 62.5 cm³/mol. The Morgan fingerprint density at radius 3 is 2.77 bits per heavy atom. The molecule has 13 heavy (non-hydrogen) atoms. The van der Waals surface area contributed by atoms with Gasteiger partial charge in [-0.2, -0.15) is 0 Å². The van der Waals surface area contributed by atoms with Crippen molar-refractivity contribution in [2.45, 2.75) is 13.8 Å². The summed E-state index contributed by atoms with van der Waals surface area (Å²) in [5, 5.41) is 2.67. The third kappa shape index (κ3) is 6.43. The van der Waals surface area contributed by atoms with Gasteiger partial charge >= 0.3 is 6.72 Å². The standard InChI is InChI=1S/C6H15N2O2PS2/c1-4-10-11(9,8-6-7-3)13-12-5-2/h6H,4-5H2,1-3H3,(H,7,8,9). The van der Waals surface area contributed by atoms with Crippen LogP contribution in [0.3, 0.4) is 0 Å². The molecule has 0 aliphatic heterocycles. The zero-order valence-corrected chi connectivity index (χ0v) is 10.5. The third-order valence-electron chi connectivity index (χ3n) is 0.913. The molecular formula is C6H15N2O2PS2. The first-order valence-corrected chi connectivity index (χ1v) is 8.47. The van der Waals surface area contributed by atoms with Crippen LogP contribution in [0.4, 0.5) is 0 Å². The highest BCUT2D eigenvalue weighted by Gasteiger charge is 2.22. The van der Waals surface area contributed by atoms with Crippen LogP contribution in [0.25, 0.3) is 0 Å². The van der Waals surface area contributed by atoms with Crippen molar-refractivity contribution in [3.8, 4) is 0 Å². The fourth-order valence-electron chi connectivity index (χ4n) is 0.501. The smallest absolute Gasteiger partial charge is 0.306 e. The van der Waals surface area contributed by atoms with Gasteiger partial charge in [-0.25, -0.2) is 0 Å². The molecule has 0 radical (unpaired) electrons. The van der Waals surface area contributed by atoms with E-state index in [0.29, 0.717) is 6.61 Å². The molecule has 0 saturated carbocycles. The van der Waals surface area contributed by atoms with E-state index in [0.717, 1.165) is 5.75 Å². The minimum absolute atomic E-state index is 0.430. The minimum Gasteiger partial charge on any atom is -0.306 e. The van der Waals surface area contributed by atoms with Crippen LogP contribution in [0, 0.1) is 0 Å². The van der Waals surface area contributed by atoms with Gasteiger partial charge in [0.1, 0.15) is 0 Å². The highest BCUT2D eigenvalue weighted by molar-refractivity contribution is 8.99. The van der Waals surface area contributed by atoms with E-state index in [4.69, 9.17) is 4.52 Å². The van der Waals surface area contributed by atoms with E-state index in [1.807, 2.05) is 13.8 Å². The Morgan fingerprint density at radius 2 is 2.31 bits per heavy atom. The summed E-state index contributed by atoms with van der Waals surface area (Å²) in [7, 11) is 4.36. The van der Waals surface area contributed by atoms with Gasteiger partial charge in [-0.3, -0.25) is 14.6 Å². The monoisotopic (exact) mass is 242 g/mol. The molecule has 0 bridgehead atoms. The molecule has 0 aliphatic rings. The van der Waals surface area contributed by atoms with Crippen LogP contribution >= 0.6 is 27.9 Å². The fraction of sp³-hybridized carbons (Fsp3) is 0.833. The summed E-state index contributed by atoms with van der Waals surface area (Å²) in [6.07, 6.45) is 1.40. The molecule has 0 heterocycles. The quantitative estimate of drug-likeness (QED) is 0.322. The van der Waals surface area contributed by atoms with Crippen LogP contribution in [0.1, 0.15) is 13.8 Å². The summed E-state index contributed by atoms with van der Waals surface area (Å²) < 4.78 is 17.0. The Bertz CT molecular complexity index is 201. The second-order valence-electron chi connectivity index (χ2n) is 1.91. The zero-order valence-electron chi connectivity index (χ0n) is 8.02. The van der Waals surface area contributed by atoms with Crippen molar-refractivity contribution in [2.24, 2.45) is 4.99 Å². The molecular weight excluding hydrogens is 227 g/mol. The maximum Gasteiger partial charge on any atom is 0.362 e. The molecule has 0 saturated heterocycles. The van der Waals surface area contributed by atoms with Gasteiger partial charge in [-0.1, -0.05) is 17.7 Å². The minimum atomic E-state index is -2.77. The number of hydrogen-bond donors (Lipinski definition) is 1. The normalized spacial score (nSPS) is 15.9. The Hall–Kier alpha value is 0.360. The topological polar surface area (TPSA) is 50.7 Å². The molecule has 0 aromatic carbocycles. The molecule has 0 aromatic rings. The number of hydrogen-bond acceptors (Lipinski definition) is 5. The van der Waals surface area contributed by atoms with Gasteiger partial charge in [0.05, 0.1) is 12.9 Å². The van der Waals surface area contributed by atoms with Crippen LogP contribution in [0.5, 0.6) is 0 Å². The van der Waals surface area contributed by atoms with Gasteiger partial charge in [0.15, 0.2) is 0 Å². The molecule has 0 rings (SSSR count). The molecule has 78 valence electrons. The summed E-state index contributed by atoms with van der Waals surface area (Å²) in [6.45, 7) is 1.47. The van der Waals surface area contributed by atoms with Crippen LogP contribution in [0.15, 0.2) is 4.99 Å². The Labute approximate surface area is 86.9 Å². The Balaban J connectivity index is 4.07. The van der Waals surface area contributed by atoms with Crippen molar-refractivity contribution in [1.82, 2.24) is 5.09 Å². The van der Waals surface area contributed by atoms with Crippen molar-refractivity contribution in [1.29, 1.82) is 0 Å². The van der Waals surface area contributed by atoms with E-state index < -0.39 is 6.72 Å². The molecule has 7 heteroatoms. The number of rotatable bonds is 7. The van der Waals surface area contributed by atoms with Crippen LogP contribution in [0.2, 0.25) is 0 Å². The first-order chi connectivity index (χ1) is 6.18. The molecule has 1 unspecified atom stereocenters. The lowest BCUT2D eigenvalue weighted by Crippen LogP contribution is -2.07. The second kappa shape index (κ2) is 7.74. The van der Waals surface area contributed by atoms with Gasteiger partial charge in [0, 0.05) is 23.2 Å². The molecule has 1 atom stereocenters. The fourth-order valence-corrected chi connectivity index (χ4v) is 5.92. The first-order valence-electron chi connectivity index (χ1n) is 3.92. The second-order valence-corrected chi connectivity index (χ2v) is 8.32. The lowest BCUT2D eigenvalue weighted by molar-refractivity contribution is 0.343. The summed E-state index contributed by atoms with van der Waals surface area (Å²) in [5.41, 5.74) is 0. The Morgan fingerprint density at radius 1 is 1.62 bits per heavy atom. The van der Waals surface area contributed by atoms with Crippen molar-refractivity contribution in [2.75, 3.05) is 19.4 Å². The molecule has 0 spiro atoms. The van der Waals surface area contributed by atoms with E-state index in [9.17, 15) is 4.57 Å². The average Bonchev–Trinajstić information content (AvgIpc) is 2.12. The van der Waals surface area contributed by atoms with E-state index >= 15 is 0 Å². The maximum atomic E-state index is 11.8. The lowest BCUT2D eigenvalue weighted by Gasteiger charge is -2.14. The predicted octanol–water partition coefficient (Wildman–Crippen LogP) is 2.78. The molecule has 0 aromatic heterocycles. The number of nitrogens with one attached hydrogen (secondary N) is 1. The molecule has 0 fully saturated rings. The third-order valence-corrected chi connectivity index (χ3v) is 7.44. The SMILES string of the molecule is CCOP(=O)(NC=NC)SSCC. The van der Waals surface area contributed by atoms with Crippen molar-refractivity contribution >= 4 is 34.3 Å². The van der Waals surface area contributed by atoms with Crippen LogP contribution in [-0.2, 0) is 9.09 Å². The molecule has 0 aliphatic carbocycles. The number of aliphatic imine (C=N–C) groups is 1. The van der Waals surface area contributed by atoms with Gasteiger partial charge in [0.25, 0.3) is 0 Å². The van der Waals surface area contributed by atoms with Gasteiger partial charge in [0.2, 0.25) is 0 Å². The van der Waals surface area contributed by atoms with Crippen molar-refractivity contribution < 1.29 is 9.09 Å². The maximum absolute atomic E-state index is 11.8. The highest BCUT2D eigenvalue weighted by Crippen LogP contribution is 2.60. The molecule has 0 amide bonds. The summed E-state index contributed by atoms with van der Waals surface area (Å²) >= 11 is 0. The van der Waals surface area contributed by atoms with Gasteiger partial charge in [-0.05, 0) is 6.92 Å². The van der Waals surface area contributed by atoms with Crippen LogP contribution in [-0.4, -0.2) is 25.7 Å². The number of nitrogens with zero attached hydrogens (tertiary/aromatic N) is 1. The lowest BCUT2D eigenvalue weighted by atomic mass is 10.9. The van der Waals surface area contributed by atoms with Gasteiger partial charge in [-0.15, -0.1) is 0 Å². The van der Waals surface area contributed by atoms with Gasteiger partial charge < -0.3 is 4.52 Å². The summed E-state index contributed by atoms with van der Waals surface area (Å²) in [4.78, 5) is 3.70. The zero-order chi connectivity index (χ0) is 10.2. The molecule has 4 nitrogen and oxygen atoms in total. The van der Waals surface area contributed by atoms with E-state index in [1.54, 1.807) is 7.05 Å². The summed E-state index contributed by atoms with van der Waals surface area (Å²) in [5.74, 6) is 0.896. The van der Waals surface area contributed by atoms with Crippen molar-refractivity contribution in [3.63, 3.8) is 0 Å².